The van der Waals surface area contributed by atoms with Crippen LogP contribution in [0.3, 0.4) is 0 Å². The van der Waals surface area contributed by atoms with E-state index in [1.54, 1.807) is 29.8 Å². The Hall–Kier alpha value is -0.710. The molecule has 0 radical (unpaired) electrons. The fraction of sp³-hybridized carbons (Fsp3) is 0.500. The lowest BCUT2D eigenvalue weighted by Gasteiger charge is -2.21. The van der Waals surface area contributed by atoms with Crippen molar-refractivity contribution in [1.82, 2.24) is 15.2 Å². The number of nitrogens with zero attached hydrogens (tertiary/aromatic N) is 3. The van der Waals surface area contributed by atoms with Gasteiger partial charge in [0, 0.05) is 33.1 Å². The molecule has 2 rings (SSSR count). The molecule has 24 heavy (non-hydrogen) atoms. The van der Waals surface area contributed by atoms with Gasteiger partial charge in [0.1, 0.15) is 11.1 Å². The molecule has 8 heteroatoms. The third kappa shape index (κ3) is 6.30. The van der Waals surface area contributed by atoms with Gasteiger partial charge < -0.3 is 15.0 Å². The van der Waals surface area contributed by atoms with Gasteiger partial charge in [-0.25, -0.2) is 4.98 Å². The Morgan fingerprint density at radius 1 is 1.46 bits per heavy atom. The average molecular weight is 480 g/mol. The monoisotopic (exact) mass is 480 g/mol. The molecule has 5 nitrogen and oxygen atoms in total. The highest BCUT2D eigenvalue weighted by atomic mass is 127. The minimum atomic E-state index is 0. The van der Waals surface area contributed by atoms with Crippen LogP contribution in [0.15, 0.2) is 27.2 Å². The summed E-state index contributed by atoms with van der Waals surface area (Å²) in [6.07, 6.45) is 1.05. The first-order valence-electron chi connectivity index (χ1n) is 7.54. The zero-order valence-corrected chi connectivity index (χ0v) is 18.4. The Kier molecular flexibility index (Phi) is 9.79. The molecule has 0 aliphatic rings. The molecule has 0 saturated heterocycles. The van der Waals surface area contributed by atoms with Gasteiger partial charge in [0.15, 0.2) is 5.96 Å². The Morgan fingerprint density at radius 3 is 2.88 bits per heavy atom. The van der Waals surface area contributed by atoms with Crippen molar-refractivity contribution >= 4 is 52.6 Å². The van der Waals surface area contributed by atoms with Crippen molar-refractivity contribution in [2.75, 3.05) is 27.7 Å². The number of aromatic nitrogens is 1. The lowest BCUT2D eigenvalue weighted by molar-refractivity contribution is 0.119. The summed E-state index contributed by atoms with van der Waals surface area (Å²) in [6, 6.07) is 2.16. The average Bonchev–Trinajstić information content (AvgIpc) is 3.22. The quantitative estimate of drug-likeness (QED) is 0.373. The summed E-state index contributed by atoms with van der Waals surface area (Å²) in [5, 5.41) is 10.8. The van der Waals surface area contributed by atoms with Crippen LogP contribution in [0.5, 0.6) is 0 Å². The topological polar surface area (TPSA) is 49.8 Å². The Morgan fingerprint density at radius 2 is 2.25 bits per heavy atom. The lowest BCUT2D eigenvalue weighted by atomic mass is 10.2. The van der Waals surface area contributed by atoms with E-state index < -0.39 is 0 Å². The van der Waals surface area contributed by atoms with Crippen LogP contribution < -0.4 is 5.32 Å². The van der Waals surface area contributed by atoms with Crippen molar-refractivity contribution < 1.29 is 4.74 Å². The second kappa shape index (κ2) is 11.0. The summed E-state index contributed by atoms with van der Waals surface area (Å²) in [5.41, 5.74) is 2.40. The van der Waals surface area contributed by atoms with Crippen molar-refractivity contribution in [3.05, 3.63) is 38.5 Å². The van der Waals surface area contributed by atoms with Crippen LogP contribution in [0.4, 0.5) is 0 Å². The Labute approximate surface area is 169 Å². The lowest BCUT2D eigenvalue weighted by Crippen LogP contribution is -2.39. The molecule has 1 atom stereocenters. The van der Waals surface area contributed by atoms with Crippen LogP contribution in [0, 0.1) is 0 Å². The molecular weight excluding hydrogens is 455 g/mol. The van der Waals surface area contributed by atoms with Crippen LogP contribution in [-0.4, -0.2) is 43.6 Å². The summed E-state index contributed by atoms with van der Waals surface area (Å²) in [6.45, 7) is 3.61. The highest BCUT2D eigenvalue weighted by Crippen LogP contribution is 2.20. The molecule has 0 fully saturated rings. The van der Waals surface area contributed by atoms with Gasteiger partial charge in [0.2, 0.25) is 0 Å². The molecule has 0 amide bonds. The zero-order valence-electron chi connectivity index (χ0n) is 14.5. The zero-order chi connectivity index (χ0) is 16.7. The molecule has 0 aliphatic heterocycles. The van der Waals surface area contributed by atoms with Gasteiger partial charge in [-0.2, -0.15) is 11.3 Å². The minimum absolute atomic E-state index is 0. The predicted molar refractivity (Wildman–Crippen MR) is 114 cm³/mol. The number of hydrogen-bond acceptors (Lipinski definition) is 5. The van der Waals surface area contributed by atoms with Crippen molar-refractivity contribution in [3.63, 3.8) is 0 Å². The van der Waals surface area contributed by atoms with Crippen molar-refractivity contribution in [1.29, 1.82) is 0 Å². The summed E-state index contributed by atoms with van der Waals surface area (Å²) < 4.78 is 5.31. The van der Waals surface area contributed by atoms with Crippen molar-refractivity contribution in [2.45, 2.75) is 26.0 Å². The highest BCUT2D eigenvalue weighted by molar-refractivity contribution is 14.0. The fourth-order valence-corrected chi connectivity index (χ4v) is 3.68. The van der Waals surface area contributed by atoms with Gasteiger partial charge >= 0.3 is 0 Å². The van der Waals surface area contributed by atoms with E-state index in [1.165, 1.54) is 5.56 Å². The number of ether oxygens (including phenoxy) is 1. The first kappa shape index (κ1) is 21.3. The van der Waals surface area contributed by atoms with Gasteiger partial charge in [-0.05, 0) is 35.7 Å². The van der Waals surface area contributed by atoms with Crippen LogP contribution in [0.2, 0.25) is 0 Å². The van der Waals surface area contributed by atoms with Gasteiger partial charge in [-0.1, -0.05) is 0 Å². The Balaban J connectivity index is 0.00000288. The van der Waals surface area contributed by atoms with Crippen LogP contribution >= 0.6 is 46.7 Å². The maximum atomic E-state index is 5.31. The molecule has 0 bridgehead atoms. The number of thiophene rings is 1. The summed E-state index contributed by atoms with van der Waals surface area (Å²) in [4.78, 5) is 11.1. The van der Waals surface area contributed by atoms with Gasteiger partial charge in [-0.3, -0.25) is 4.99 Å². The largest absolute Gasteiger partial charge is 0.375 e. The standard InChI is InChI=1S/C16H24N4OS2.HI/c1-12(21-4)15-19-14(11-23-15)9-20(3)16(17-2)18-7-5-13-6-8-22-10-13;/h6,8,10-12H,5,7,9H2,1-4H3,(H,17,18);1H. The third-order valence-electron chi connectivity index (χ3n) is 3.52. The third-order valence-corrected chi connectivity index (χ3v) is 5.31. The number of thiazole rings is 1. The molecule has 2 aromatic rings. The maximum absolute atomic E-state index is 5.31. The van der Waals surface area contributed by atoms with Crippen LogP contribution in [-0.2, 0) is 17.7 Å². The van der Waals surface area contributed by atoms with E-state index in [9.17, 15) is 0 Å². The molecule has 2 aromatic heterocycles. The van der Waals surface area contributed by atoms with E-state index >= 15 is 0 Å². The molecule has 2 heterocycles. The van der Waals surface area contributed by atoms with E-state index in [2.05, 4.69) is 42.4 Å². The van der Waals surface area contributed by atoms with E-state index in [0.29, 0.717) is 0 Å². The molecule has 0 saturated carbocycles. The number of halogens is 1. The van der Waals surface area contributed by atoms with E-state index in [1.807, 2.05) is 21.0 Å². The molecule has 1 unspecified atom stereocenters. The number of nitrogens with one attached hydrogen (secondary N) is 1. The number of aliphatic imine (C=N–C) groups is 1. The smallest absolute Gasteiger partial charge is 0.193 e. The summed E-state index contributed by atoms with van der Waals surface area (Å²) in [7, 11) is 5.54. The fourth-order valence-electron chi connectivity index (χ4n) is 2.14. The number of hydrogen-bond donors (Lipinski definition) is 1. The van der Waals surface area contributed by atoms with Gasteiger partial charge in [-0.15, -0.1) is 35.3 Å². The number of guanidine groups is 1. The number of methoxy groups -OCH3 is 1. The van der Waals surface area contributed by atoms with E-state index in [4.69, 9.17) is 4.74 Å². The molecule has 0 aromatic carbocycles. The van der Waals surface area contributed by atoms with Crippen molar-refractivity contribution in [3.8, 4) is 0 Å². The normalized spacial score (nSPS) is 12.6. The summed E-state index contributed by atoms with van der Waals surface area (Å²) in [5.74, 6) is 0.884. The van der Waals surface area contributed by atoms with Gasteiger partial charge in [0.25, 0.3) is 0 Å². The number of rotatable bonds is 7. The van der Waals surface area contributed by atoms with Gasteiger partial charge in [0.05, 0.1) is 12.2 Å². The van der Waals surface area contributed by atoms with Crippen LogP contribution in [0.1, 0.15) is 29.3 Å². The first-order valence-corrected chi connectivity index (χ1v) is 9.36. The highest BCUT2D eigenvalue weighted by Gasteiger charge is 2.12. The molecule has 0 aliphatic carbocycles. The van der Waals surface area contributed by atoms with E-state index in [-0.39, 0.29) is 30.1 Å². The second-order valence-corrected chi connectivity index (χ2v) is 6.94. The first-order chi connectivity index (χ1) is 11.1. The van der Waals surface area contributed by atoms with E-state index in [0.717, 1.165) is 36.2 Å². The summed E-state index contributed by atoms with van der Waals surface area (Å²) >= 11 is 3.37. The predicted octanol–water partition coefficient (Wildman–Crippen LogP) is 3.78. The molecule has 134 valence electrons. The minimum Gasteiger partial charge on any atom is -0.375 e. The van der Waals surface area contributed by atoms with Crippen molar-refractivity contribution in [2.24, 2.45) is 4.99 Å². The SMILES string of the molecule is CN=C(NCCc1ccsc1)N(C)Cc1csc(C(C)OC)n1.I. The molecular formula is C16H25IN4OS2. The van der Waals surface area contributed by atoms with Crippen LogP contribution in [0.25, 0.3) is 0 Å². The Bertz CT molecular complexity index is 615. The maximum Gasteiger partial charge on any atom is 0.193 e. The second-order valence-electron chi connectivity index (χ2n) is 5.27. The molecule has 0 spiro atoms. The molecule has 1 N–H and O–H groups in total.